The van der Waals surface area contributed by atoms with Crippen molar-refractivity contribution in [1.29, 1.82) is 0 Å². The maximum absolute atomic E-state index is 11.8. The van der Waals surface area contributed by atoms with Crippen molar-refractivity contribution in [1.82, 2.24) is 4.98 Å². The molecule has 0 saturated carbocycles. The number of aromatic nitrogens is 1. The summed E-state index contributed by atoms with van der Waals surface area (Å²) in [6.45, 7) is 5.86. The standard InChI is InChI=1S/C14H19ClN2O2/c1-3-19-14(18)11-5-4-8-17(9-11)12-6-7-13(15)16-10(12)2/h6-7,11H,3-5,8-9H2,1-2H3. The van der Waals surface area contributed by atoms with Crippen molar-refractivity contribution in [3.8, 4) is 0 Å². The van der Waals surface area contributed by atoms with Crippen molar-refractivity contribution in [2.75, 3.05) is 24.6 Å². The van der Waals surface area contributed by atoms with Crippen LogP contribution in [0.1, 0.15) is 25.5 Å². The lowest BCUT2D eigenvalue weighted by Crippen LogP contribution is -2.39. The van der Waals surface area contributed by atoms with Crippen molar-refractivity contribution in [3.63, 3.8) is 0 Å². The molecule has 1 saturated heterocycles. The summed E-state index contributed by atoms with van der Waals surface area (Å²) < 4.78 is 5.11. The quantitative estimate of drug-likeness (QED) is 0.631. The molecule has 1 aliphatic heterocycles. The molecule has 4 nitrogen and oxygen atoms in total. The van der Waals surface area contributed by atoms with Gasteiger partial charge in [-0.3, -0.25) is 4.79 Å². The summed E-state index contributed by atoms with van der Waals surface area (Å²) in [6.07, 6.45) is 1.89. The van der Waals surface area contributed by atoms with Gasteiger partial charge >= 0.3 is 5.97 Å². The van der Waals surface area contributed by atoms with E-state index in [1.807, 2.05) is 19.9 Å². The molecule has 2 rings (SSSR count). The third-order valence-electron chi connectivity index (χ3n) is 3.41. The van der Waals surface area contributed by atoms with Crippen LogP contribution in [0.3, 0.4) is 0 Å². The largest absolute Gasteiger partial charge is 0.466 e. The molecule has 0 N–H and O–H groups in total. The van der Waals surface area contributed by atoms with Crippen LogP contribution in [-0.2, 0) is 9.53 Å². The monoisotopic (exact) mass is 282 g/mol. The van der Waals surface area contributed by atoms with Crippen molar-refractivity contribution in [2.45, 2.75) is 26.7 Å². The molecule has 2 heterocycles. The first-order chi connectivity index (χ1) is 9.11. The van der Waals surface area contributed by atoms with Gasteiger partial charge in [-0.25, -0.2) is 4.98 Å². The van der Waals surface area contributed by atoms with Crippen LogP contribution in [0.5, 0.6) is 0 Å². The first-order valence-corrected chi connectivity index (χ1v) is 7.04. The molecule has 0 amide bonds. The predicted molar refractivity (Wildman–Crippen MR) is 75.6 cm³/mol. The van der Waals surface area contributed by atoms with Crippen molar-refractivity contribution in [2.24, 2.45) is 5.92 Å². The number of hydrogen-bond acceptors (Lipinski definition) is 4. The zero-order valence-electron chi connectivity index (χ0n) is 11.4. The van der Waals surface area contributed by atoms with Gasteiger partial charge in [0.25, 0.3) is 0 Å². The molecule has 1 aromatic heterocycles. The van der Waals surface area contributed by atoms with Gasteiger partial charge in [-0.15, -0.1) is 0 Å². The lowest BCUT2D eigenvalue weighted by Gasteiger charge is -2.33. The molecule has 104 valence electrons. The van der Waals surface area contributed by atoms with Gasteiger partial charge in [0.15, 0.2) is 0 Å². The van der Waals surface area contributed by atoms with Crippen LogP contribution in [0.4, 0.5) is 5.69 Å². The summed E-state index contributed by atoms with van der Waals surface area (Å²) >= 11 is 5.87. The second-order valence-corrected chi connectivity index (χ2v) is 5.16. The van der Waals surface area contributed by atoms with E-state index in [9.17, 15) is 4.79 Å². The number of nitrogens with zero attached hydrogens (tertiary/aromatic N) is 2. The van der Waals surface area contributed by atoms with E-state index in [1.165, 1.54) is 0 Å². The SMILES string of the molecule is CCOC(=O)C1CCCN(c2ccc(Cl)nc2C)C1. The molecule has 1 fully saturated rings. The highest BCUT2D eigenvalue weighted by Crippen LogP contribution is 2.26. The van der Waals surface area contributed by atoms with E-state index in [4.69, 9.17) is 16.3 Å². The summed E-state index contributed by atoms with van der Waals surface area (Å²) in [5.74, 6) is -0.129. The number of pyridine rings is 1. The number of rotatable bonds is 3. The first kappa shape index (κ1) is 14.1. The lowest BCUT2D eigenvalue weighted by atomic mass is 9.97. The zero-order valence-corrected chi connectivity index (χ0v) is 12.1. The van der Waals surface area contributed by atoms with Crippen LogP contribution < -0.4 is 4.90 Å². The number of carbonyl (C=O) groups excluding carboxylic acids is 1. The minimum Gasteiger partial charge on any atom is -0.466 e. The van der Waals surface area contributed by atoms with Gasteiger partial charge in [0.2, 0.25) is 0 Å². The van der Waals surface area contributed by atoms with Gasteiger partial charge in [-0.05, 0) is 38.8 Å². The highest BCUT2D eigenvalue weighted by molar-refractivity contribution is 6.29. The molecule has 0 bridgehead atoms. The zero-order chi connectivity index (χ0) is 13.8. The molecule has 0 spiro atoms. The number of aryl methyl sites for hydroxylation is 1. The summed E-state index contributed by atoms with van der Waals surface area (Å²) in [5, 5.41) is 0.500. The van der Waals surface area contributed by atoms with Gasteiger partial charge in [0, 0.05) is 13.1 Å². The van der Waals surface area contributed by atoms with Crippen LogP contribution >= 0.6 is 11.6 Å². The number of halogens is 1. The predicted octanol–water partition coefficient (Wildman–Crippen LogP) is 2.82. The number of anilines is 1. The van der Waals surface area contributed by atoms with E-state index in [1.54, 1.807) is 6.07 Å². The summed E-state index contributed by atoms with van der Waals surface area (Å²) in [5.41, 5.74) is 1.95. The number of piperidine rings is 1. The molecule has 0 aliphatic carbocycles. The average molecular weight is 283 g/mol. The molecule has 1 aromatic rings. The van der Waals surface area contributed by atoms with Crippen molar-refractivity contribution >= 4 is 23.3 Å². The number of ether oxygens (including phenoxy) is 1. The Bertz CT molecular complexity index is 465. The molecule has 1 unspecified atom stereocenters. The smallest absolute Gasteiger partial charge is 0.310 e. The molecular weight excluding hydrogens is 264 g/mol. The average Bonchev–Trinajstić information content (AvgIpc) is 2.39. The van der Waals surface area contributed by atoms with Crippen LogP contribution in [0.2, 0.25) is 5.15 Å². The Labute approximate surface area is 118 Å². The second kappa shape index (κ2) is 6.24. The van der Waals surface area contributed by atoms with Gasteiger partial charge in [0.05, 0.1) is 23.9 Å². The summed E-state index contributed by atoms with van der Waals surface area (Å²) in [7, 11) is 0. The topological polar surface area (TPSA) is 42.4 Å². The Hall–Kier alpha value is -1.29. The molecule has 1 aliphatic rings. The maximum Gasteiger partial charge on any atom is 0.310 e. The third kappa shape index (κ3) is 3.38. The lowest BCUT2D eigenvalue weighted by molar-refractivity contribution is -0.148. The maximum atomic E-state index is 11.8. The number of esters is 1. The van der Waals surface area contributed by atoms with E-state index in [-0.39, 0.29) is 11.9 Å². The van der Waals surface area contributed by atoms with Crippen LogP contribution in [0.25, 0.3) is 0 Å². The van der Waals surface area contributed by atoms with Gasteiger partial charge in [-0.1, -0.05) is 11.6 Å². The molecular formula is C14H19ClN2O2. The van der Waals surface area contributed by atoms with Gasteiger partial charge in [-0.2, -0.15) is 0 Å². The van der Waals surface area contributed by atoms with E-state index in [0.717, 1.165) is 30.8 Å². The fourth-order valence-corrected chi connectivity index (χ4v) is 2.70. The normalized spacial score (nSPS) is 19.3. The highest BCUT2D eigenvalue weighted by Gasteiger charge is 2.27. The Balaban J connectivity index is 2.10. The third-order valence-corrected chi connectivity index (χ3v) is 3.62. The van der Waals surface area contributed by atoms with Crippen molar-refractivity contribution < 1.29 is 9.53 Å². The minimum absolute atomic E-state index is 0.0382. The van der Waals surface area contributed by atoms with E-state index >= 15 is 0 Å². The first-order valence-electron chi connectivity index (χ1n) is 6.66. The molecule has 0 aromatic carbocycles. The van der Waals surface area contributed by atoms with Gasteiger partial charge in [0.1, 0.15) is 5.15 Å². The van der Waals surface area contributed by atoms with Gasteiger partial charge < -0.3 is 9.64 Å². The Kier molecular flexibility index (Phi) is 4.64. The van der Waals surface area contributed by atoms with Crippen LogP contribution in [0.15, 0.2) is 12.1 Å². The Morgan fingerprint density at radius 1 is 1.58 bits per heavy atom. The van der Waals surface area contributed by atoms with Crippen LogP contribution in [-0.4, -0.2) is 30.6 Å². The van der Waals surface area contributed by atoms with Crippen LogP contribution in [0, 0.1) is 12.8 Å². The number of carbonyl (C=O) groups is 1. The fourth-order valence-electron chi connectivity index (χ4n) is 2.51. The molecule has 0 radical (unpaired) electrons. The molecule has 1 atom stereocenters. The van der Waals surface area contributed by atoms with E-state index in [0.29, 0.717) is 18.3 Å². The number of hydrogen-bond donors (Lipinski definition) is 0. The molecule has 5 heteroatoms. The molecule has 19 heavy (non-hydrogen) atoms. The second-order valence-electron chi connectivity index (χ2n) is 4.78. The Morgan fingerprint density at radius 2 is 2.37 bits per heavy atom. The minimum atomic E-state index is -0.0909. The summed E-state index contributed by atoms with van der Waals surface area (Å²) in [4.78, 5) is 18.3. The van der Waals surface area contributed by atoms with Crippen molar-refractivity contribution in [3.05, 3.63) is 23.0 Å². The Morgan fingerprint density at radius 3 is 3.05 bits per heavy atom. The van der Waals surface area contributed by atoms with E-state index < -0.39 is 0 Å². The van der Waals surface area contributed by atoms with E-state index in [2.05, 4.69) is 9.88 Å². The summed E-state index contributed by atoms with van der Waals surface area (Å²) in [6, 6.07) is 3.76. The fraction of sp³-hybridized carbons (Fsp3) is 0.571. The highest BCUT2D eigenvalue weighted by atomic mass is 35.5.